The molecule has 2 aromatic heterocycles. The second kappa shape index (κ2) is 9.69. The minimum Gasteiger partial charge on any atom is -0.489 e. The van der Waals surface area contributed by atoms with Crippen molar-refractivity contribution >= 4 is 28.6 Å². The fraction of sp³-hybridized carbons (Fsp3) is 0.130. The zero-order chi connectivity index (χ0) is 21.6. The van der Waals surface area contributed by atoms with E-state index in [9.17, 15) is 4.79 Å². The highest BCUT2D eigenvalue weighted by Crippen LogP contribution is 2.17. The topological polar surface area (TPSA) is 79.1 Å². The second-order valence-corrected chi connectivity index (χ2v) is 8.03. The number of aromatic nitrogens is 4. The van der Waals surface area contributed by atoms with Gasteiger partial charge in [0.25, 0.3) is 0 Å². The Morgan fingerprint density at radius 1 is 1.00 bits per heavy atom. The molecule has 0 saturated heterocycles. The molecule has 4 aromatic rings. The second-order valence-electron chi connectivity index (χ2n) is 6.78. The van der Waals surface area contributed by atoms with Crippen molar-refractivity contribution in [2.75, 3.05) is 0 Å². The summed E-state index contributed by atoms with van der Waals surface area (Å²) in [5.41, 5.74) is 3.52. The number of hydrogen-bond acceptors (Lipinski definition) is 6. The summed E-state index contributed by atoms with van der Waals surface area (Å²) >= 11 is 2.24. The van der Waals surface area contributed by atoms with Gasteiger partial charge in [-0.05, 0) is 77.5 Å². The molecular weight excluding hydrogens is 507 g/mol. The van der Waals surface area contributed by atoms with Crippen LogP contribution in [-0.4, -0.2) is 25.9 Å². The number of benzene rings is 2. The molecule has 2 aromatic carbocycles. The number of hydrogen-bond donors (Lipinski definition) is 0. The highest BCUT2D eigenvalue weighted by molar-refractivity contribution is 14.1. The van der Waals surface area contributed by atoms with Gasteiger partial charge in [-0.15, -0.1) is 5.10 Å². The molecule has 0 saturated carbocycles. The Morgan fingerprint density at radius 2 is 1.77 bits per heavy atom. The molecule has 0 amide bonds. The Balaban J connectivity index is 1.34. The normalized spacial score (nSPS) is 10.6. The van der Waals surface area contributed by atoms with Crippen molar-refractivity contribution in [3.8, 4) is 11.4 Å². The summed E-state index contributed by atoms with van der Waals surface area (Å²) in [6.07, 6.45) is 3.49. The van der Waals surface area contributed by atoms with Crippen molar-refractivity contribution in [2.45, 2.75) is 20.1 Å². The van der Waals surface area contributed by atoms with Crippen LogP contribution in [0.15, 0.2) is 73.1 Å². The van der Waals surface area contributed by atoms with Gasteiger partial charge in [-0.3, -0.25) is 4.98 Å². The highest BCUT2D eigenvalue weighted by Gasteiger charge is 2.19. The van der Waals surface area contributed by atoms with E-state index in [1.807, 2.05) is 60.7 Å². The van der Waals surface area contributed by atoms with Crippen LogP contribution in [-0.2, 0) is 18.0 Å². The lowest BCUT2D eigenvalue weighted by Gasteiger charge is -2.08. The molecule has 0 aliphatic carbocycles. The monoisotopic (exact) mass is 526 g/mol. The van der Waals surface area contributed by atoms with Gasteiger partial charge >= 0.3 is 5.97 Å². The molecule has 0 spiro atoms. The summed E-state index contributed by atoms with van der Waals surface area (Å²) in [5.74, 6) is 0.224. The van der Waals surface area contributed by atoms with Crippen molar-refractivity contribution in [1.29, 1.82) is 0 Å². The smallest absolute Gasteiger partial charge is 0.361 e. The van der Waals surface area contributed by atoms with Crippen LogP contribution < -0.4 is 4.74 Å². The van der Waals surface area contributed by atoms with E-state index in [0.717, 1.165) is 26.1 Å². The van der Waals surface area contributed by atoms with Gasteiger partial charge < -0.3 is 9.47 Å². The molecule has 0 aliphatic rings. The van der Waals surface area contributed by atoms with E-state index in [0.29, 0.717) is 12.3 Å². The van der Waals surface area contributed by atoms with Gasteiger partial charge in [-0.2, -0.15) is 0 Å². The predicted octanol–water partition coefficient (Wildman–Crippen LogP) is 4.51. The largest absolute Gasteiger partial charge is 0.489 e. The third-order valence-electron chi connectivity index (χ3n) is 4.58. The number of nitrogens with zero attached hydrogens (tertiary/aromatic N) is 4. The Morgan fingerprint density at radius 3 is 2.48 bits per heavy atom. The predicted molar refractivity (Wildman–Crippen MR) is 123 cm³/mol. The number of esters is 1. The lowest BCUT2D eigenvalue weighted by molar-refractivity contribution is 0.0464. The maximum Gasteiger partial charge on any atom is 0.361 e. The van der Waals surface area contributed by atoms with Crippen molar-refractivity contribution in [2.24, 2.45) is 0 Å². The first-order valence-electron chi connectivity index (χ1n) is 9.56. The fourth-order valence-corrected chi connectivity index (χ4v) is 3.25. The molecule has 156 valence electrons. The summed E-state index contributed by atoms with van der Waals surface area (Å²) in [4.78, 5) is 16.6. The Bertz CT molecular complexity index is 1160. The lowest BCUT2D eigenvalue weighted by Crippen LogP contribution is -2.08. The van der Waals surface area contributed by atoms with Gasteiger partial charge in [0.2, 0.25) is 0 Å². The van der Waals surface area contributed by atoms with Crippen molar-refractivity contribution in [3.63, 3.8) is 0 Å². The van der Waals surface area contributed by atoms with Crippen LogP contribution in [0.25, 0.3) is 5.69 Å². The van der Waals surface area contributed by atoms with Gasteiger partial charge in [0, 0.05) is 21.5 Å². The van der Waals surface area contributed by atoms with E-state index in [4.69, 9.17) is 9.47 Å². The molecule has 7 nitrogen and oxygen atoms in total. The summed E-state index contributed by atoms with van der Waals surface area (Å²) in [7, 11) is 0. The SMILES string of the molecule is Cc1c(C(=O)OCc2ccc(OCc3cccnc3)cc2)nnn1-c1ccc(I)cc1. The minimum atomic E-state index is -0.508. The van der Waals surface area contributed by atoms with E-state index in [-0.39, 0.29) is 12.3 Å². The molecule has 0 atom stereocenters. The summed E-state index contributed by atoms with van der Waals surface area (Å²) < 4.78 is 13.9. The summed E-state index contributed by atoms with van der Waals surface area (Å²) in [6, 6.07) is 19.0. The first-order chi connectivity index (χ1) is 15.1. The van der Waals surface area contributed by atoms with E-state index < -0.39 is 5.97 Å². The third-order valence-corrected chi connectivity index (χ3v) is 5.30. The Kier molecular flexibility index (Phi) is 6.56. The first-order valence-corrected chi connectivity index (χ1v) is 10.6. The average molecular weight is 526 g/mol. The van der Waals surface area contributed by atoms with Crippen LogP contribution in [0.3, 0.4) is 0 Å². The maximum atomic E-state index is 12.5. The molecule has 2 heterocycles. The van der Waals surface area contributed by atoms with Crippen molar-refractivity contribution in [3.05, 3.63) is 99.1 Å². The van der Waals surface area contributed by atoms with Crippen LogP contribution in [0.2, 0.25) is 0 Å². The molecule has 8 heteroatoms. The van der Waals surface area contributed by atoms with E-state index in [2.05, 4.69) is 37.9 Å². The maximum absolute atomic E-state index is 12.5. The lowest BCUT2D eigenvalue weighted by atomic mass is 10.2. The zero-order valence-corrected chi connectivity index (χ0v) is 18.9. The number of ether oxygens (including phenoxy) is 2. The molecule has 0 unspecified atom stereocenters. The minimum absolute atomic E-state index is 0.136. The third kappa shape index (κ3) is 5.26. The van der Waals surface area contributed by atoms with Gasteiger partial charge in [-0.1, -0.05) is 23.4 Å². The molecule has 0 N–H and O–H groups in total. The number of pyridine rings is 1. The summed E-state index contributed by atoms with van der Waals surface area (Å²) in [5, 5.41) is 8.10. The quantitative estimate of drug-likeness (QED) is 0.261. The molecule has 0 aliphatic heterocycles. The average Bonchev–Trinajstić information content (AvgIpc) is 3.19. The van der Waals surface area contributed by atoms with Gasteiger partial charge in [0.1, 0.15) is 19.0 Å². The molecular formula is C23H19IN4O3. The molecule has 0 bridgehead atoms. The number of rotatable bonds is 7. The molecule has 31 heavy (non-hydrogen) atoms. The number of halogens is 1. The molecule has 0 radical (unpaired) electrons. The standard InChI is InChI=1S/C23H19IN4O3/c1-16-22(26-27-28(16)20-8-6-19(24)7-9-20)23(29)31-14-17-4-10-21(11-5-17)30-15-18-3-2-12-25-13-18/h2-13H,14-15H2,1H3. The zero-order valence-electron chi connectivity index (χ0n) is 16.7. The fourth-order valence-electron chi connectivity index (χ4n) is 2.89. The summed E-state index contributed by atoms with van der Waals surface area (Å²) in [6.45, 7) is 2.37. The first kappa shape index (κ1) is 21.0. The van der Waals surface area contributed by atoms with Crippen molar-refractivity contribution < 1.29 is 14.3 Å². The molecule has 0 fully saturated rings. The number of carbonyl (C=O) groups is 1. The van der Waals surface area contributed by atoms with Crippen LogP contribution in [0.4, 0.5) is 0 Å². The van der Waals surface area contributed by atoms with E-state index in [1.165, 1.54) is 0 Å². The highest BCUT2D eigenvalue weighted by atomic mass is 127. The van der Waals surface area contributed by atoms with Crippen LogP contribution >= 0.6 is 22.6 Å². The van der Waals surface area contributed by atoms with E-state index >= 15 is 0 Å². The van der Waals surface area contributed by atoms with Gasteiger partial charge in [-0.25, -0.2) is 9.48 Å². The van der Waals surface area contributed by atoms with Gasteiger partial charge in [0.15, 0.2) is 5.69 Å². The van der Waals surface area contributed by atoms with E-state index in [1.54, 1.807) is 24.0 Å². The van der Waals surface area contributed by atoms with Crippen LogP contribution in [0.5, 0.6) is 5.75 Å². The Hall–Kier alpha value is -3.27. The Labute approximate surface area is 193 Å². The van der Waals surface area contributed by atoms with Crippen molar-refractivity contribution in [1.82, 2.24) is 20.0 Å². The van der Waals surface area contributed by atoms with Gasteiger partial charge in [0.05, 0.1) is 11.4 Å². The number of carbonyl (C=O) groups excluding carboxylic acids is 1. The molecule has 4 rings (SSSR count). The van der Waals surface area contributed by atoms with Crippen LogP contribution in [0.1, 0.15) is 27.3 Å². The van der Waals surface area contributed by atoms with Crippen LogP contribution in [0, 0.1) is 10.5 Å².